The number of hydrogen-bond donors (Lipinski definition) is 1. The van der Waals surface area contributed by atoms with E-state index in [1.54, 1.807) is 7.11 Å². The van der Waals surface area contributed by atoms with E-state index in [-0.39, 0.29) is 0 Å². The maximum absolute atomic E-state index is 5.24. The lowest BCUT2D eigenvalue weighted by Crippen LogP contribution is -2.45. The highest BCUT2D eigenvalue weighted by atomic mass is 16.5. The summed E-state index contributed by atoms with van der Waals surface area (Å²) in [5, 5.41) is 7.98. The lowest BCUT2D eigenvalue weighted by atomic mass is 10.0. The van der Waals surface area contributed by atoms with Gasteiger partial charge in [0.05, 0.1) is 12.8 Å². The topological polar surface area (TPSA) is 42.3 Å². The van der Waals surface area contributed by atoms with Crippen LogP contribution in [0.3, 0.4) is 0 Å². The Hall–Kier alpha value is -1.85. The Kier molecular flexibility index (Phi) is 4.22. The van der Waals surface area contributed by atoms with Crippen molar-refractivity contribution in [1.82, 2.24) is 20.0 Å². The van der Waals surface area contributed by atoms with E-state index in [2.05, 4.69) is 33.5 Å². The standard InChI is InChI=1S/C16H22N4O/c1-19-9-7-14(18-19)12-20-10-8-17-11-16(20)13-3-5-15(21-2)6-4-13/h3-7,9,16-17H,8,10-12H2,1-2H3/t16-/m1/s1. The molecule has 1 aliphatic rings. The molecule has 0 bridgehead atoms. The Balaban J connectivity index is 1.76. The van der Waals surface area contributed by atoms with Gasteiger partial charge in [0.25, 0.3) is 0 Å². The zero-order chi connectivity index (χ0) is 14.7. The first-order valence-electron chi connectivity index (χ1n) is 7.33. The average molecular weight is 286 g/mol. The Labute approximate surface area is 125 Å². The fraction of sp³-hybridized carbons (Fsp3) is 0.438. The third-order valence-electron chi connectivity index (χ3n) is 3.99. The van der Waals surface area contributed by atoms with Crippen molar-refractivity contribution in [2.24, 2.45) is 7.05 Å². The van der Waals surface area contributed by atoms with E-state index >= 15 is 0 Å². The van der Waals surface area contributed by atoms with Crippen molar-refractivity contribution in [2.45, 2.75) is 12.6 Å². The van der Waals surface area contributed by atoms with E-state index < -0.39 is 0 Å². The molecule has 0 saturated carbocycles. The van der Waals surface area contributed by atoms with Crippen molar-refractivity contribution in [3.8, 4) is 5.75 Å². The van der Waals surface area contributed by atoms with Crippen LogP contribution in [-0.4, -0.2) is 41.4 Å². The highest BCUT2D eigenvalue weighted by Crippen LogP contribution is 2.25. The molecule has 112 valence electrons. The van der Waals surface area contributed by atoms with Crippen LogP contribution in [0.5, 0.6) is 5.75 Å². The zero-order valence-electron chi connectivity index (χ0n) is 12.6. The lowest BCUT2D eigenvalue weighted by Gasteiger charge is -2.36. The molecule has 2 heterocycles. The second-order valence-electron chi connectivity index (χ2n) is 5.44. The minimum Gasteiger partial charge on any atom is -0.497 e. The van der Waals surface area contributed by atoms with Gasteiger partial charge in [-0.3, -0.25) is 9.58 Å². The fourth-order valence-corrected chi connectivity index (χ4v) is 2.85. The number of piperazine rings is 1. The van der Waals surface area contributed by atoms with Crippen molar-refractivity contribution in [2.75, 3.05) is 26.7 Å². The van der Waals surface area contributed by atoms with E-state index in [0.717, 1.165) is 37.6 Å². The SMILES string of the molecule is COc1ccc([C@H]2CNCCN2Cc2ccn(C)n2)cc1. The number of benzene rings is 1. The van der Waals surface area contributed by atoms with E-state index in [1.807, 2.05) is 30.1 Å². The Morgan fingerprint density at radius 2 is 2.10 bits per heavy atom. The Morgan fingerprint density at radius 1 is 1.29 bits per heavy atom. The van der Waals surface area contributed by atoms with Gasteiger partial charge in [-0.2, -0.15) is 5.10 Å². The molecule has 1 saturated heterocycles. The van der Waals surface area contributed by atoms with Gasteiger partial charge in [0.1, 0.15) is 5.75 Å². The summed E-state index contributed by atoms with van der Waals surface area (Å²) in [6.45, 7) is 3.92. The van der Waals surface area contributed by atoms with Gasteiger partial charge in [-0.05, 0) is 23.8 Å². The molecule has 0 aliphatic carbocycles. The molecule has 0 radical (unpaired) electrons. The monoisotopic (exact) mass is 286 g/mol. The molecule has 5 heteroatoms. The molecule has 1 aromatic heterocycles. The summed E-state index contributed by atoms with van der Waals surface area (Å²) in [4.78, 5) is 2.49. The number of aryl methyl sites for hydroxylation is 1. The maximum Gasteiger partial charge on any atom is 0.118 e. The molecule has 0 unspecified atom stereocenters. The first kappa shape index (κ1) is 14.1. The number of nitrogens with zero attached hydrogens (tertiary/aromatic N) is 3. The van der Waals surface area contributed by atoms with Crippen LogP contribution in [0.4, 0.5) is 0 Å². The molecule has 2 aromatic rings. The predicted octanol–water partition coefficient (Wildman–Crippen LogP) is 1.58. The molecule has 21 heavy (non-hydrogen) atoms. The van der Waals surface area contributed by atoms with E-state index in [4.69, 9.17) is 4.74 Å². The smallest absolute Gasteiger partial charge is 0.118 e. The van der Waals surface area contributed by atoms with Crippen LogP contribution < -0.4 is 10.1 Å². The summed E-state index contributed by atoms with van der Waals surface area (Å²) in [5.41, 5.74) is 2.44. The molecule has 3 rings (SSSR count). The first-order chi connectivity index (χ1) is 10.3. The van der Waals surface area contributed by atoms with Crippen LogP contribution in [0.2, 0.25) is 0 Å². The largest absolute Gasteiger partial charge is 0.497 e. The second kappa shape index (κ2) is 6.28. The van der Waals surface area contributed by atoms with Crippen molar-refractivity contribution < 1.29 is 4.74 Å². The van der Waals surface area contributed by atoms with Crippen molar-refractivity contribution >= 4 is 0 Å². The molecule has 1 N–H and O–H groups in total. The van der Waals surface area contributed by atoms with E-state index in [1.165, 1.54) is 5.56 Å². The summed E-state index contributed by atoms with van der Waals surface area (Å²) >= 11 is 0. The third kappa shape index (κ3) is 3.25. The van der Waals surface area contributed by atoms with Gasteiger partial charge in [0.15, 0.2) is 0 Å². The quantitative estimate of drug-likeness (QED) is 0.926. The summed E-state index contributed by atoms with van der Waals surface area (Å²) in [7, 11) is 3.66. The van der Waals surface area contributed by atoms with Gasteiger partial charge < -0.3 is 10.1 Å². The van der Waals surface area contributed by atoms with Crippen LogP contribution in [0.1, 0.15) is 17.3 Å². The Morgan fingerprint density at radius 3 is 2.76 bits per heavy atom. The highest BCUT2D eigenvalue weighted by Gasteiger charge is 2.24. The molecule has 0 amide bonds. The normalized spacial score (nSPS) is 19.6. The molecular formula is C16H22N4O. The van der Waals surface area contributed by atoms with E-state index in [0.29, 0.717) is 6.04 Å². The number of methoxy groups -OCH3 is 1. The lowest BCUT2D eigenvalue weighted by molar-refractivity contribution is 0.151. The summed E-state index contributed by atoms with van der Waals surface area (Å²) in [6, 6.07) is 10.8. The minimum atomic E-state index is 0.381. The Bertz CT molecular complexity index is 578. The zero-order valence-corrected chi connectivity index (χ0v) is 12.6. The second-order valence-corrected chi connectivity index (χ2v) is 5.44. The van der Waals surface area contributed by atoms with Crippen LogP contribution in [0.25, 0.3) is 0 Å². The predicted molar refractivity (Wildman–Crippen MR) is 82.2 cm³/mol. The molecule has 5 nitrogen and oxygen atoms in total. The number of nitrogens with one attached hydrogen (secondary N) is 1. The highest BCUT2D eigenvalue weighted by molar-refractivity contribution is 5.29. The number of ether oxygens (including phenoxy) is 1. The molecule has 1 atom stereocenters. The van der Waals surface area contributed by atoms with Gasteiger partial charge in [-0.15, -0.1) is 0 Å². The molecule has 1 aliphatic heterocycles. The average Bonchev–Trinajstić information content (AvgIpc) is 2.93. The van der Waals surface area contributed by atoms with Crippen LogP contribution in [-0.2, 0) is 13.6 Å². The third-order valence-corrected chi connectivity index (χ3v) is 3.99. The molecule has 0 spiro atoms. The number of hydrogen-bond acceptors (Lipinski definition) is 4. The minimum absolute atomic E-state index is 0.381. The van der Waals surface area contributed by atoms with Crippen LogP contribution >= 0.6 is 0 Å². The first-order valence-corrected chi connectivity index (χ1v) is 7.33. The van der Waals surface area contributed by atoms with Crippen molar-refractivity contribution in [3.63, 3.8) is 0 Å². The van der Waals surface area contributed by atoms with Crippen molar-refractivity contribution in [1.29, 1.82) is 0 Å². The van der Waals surface area contributed by atoms with Gasteiger partial charge in [-0.25, -0.2) is 0 Å². The maximum atomic E-state index is 5.24. The molecule has 1 fully saturated rings. The van der Waals surface area contributed by atoms with Gasteiger partial charge in [-0.1, -0.05) is 12.1 Å². The van der Waals surface area contributed by atoms with E-state index in [9.17, 15) is 0 Å². The summed E-state index contributed by atoms with van der Waals surface area (Å²) < 4.78 is 7.10. The number of rotatable bonds is 4. The van der Waals surface area contributed by atoms with Gasteiger partial charge >= 0.3 is 0 Å². The number of aromatic nitrogens is 2. The van der Waals surface area contributed by atoms with Gasteiger partial charge in [0.2, 0.25) is 0 Å². The van der Waals surface area contributed by atoms with Crippen LogP contribution in [0, 0.1) is 0 Å². The molecule has 1 aromatic carbocycles. The molecular weight excluding hydrogens is 264 g/mol. The fourth-order valence-electron chi connectivity index (χ4n) is 2.85. The van der Waals surface area contributed by atoms with Crippen LogP contribution in [0.15, 0.2) is 36.5 Å². The van der Waals surface area contributed by atoms with Gasteiger partial charge in [0, 0.05) is 45.5 Å². The summed E-state index contributed by atoms with van der Waals surface area (Å²) in [5.74, 6) is 0.902. The summed E-state index contributed by atoms with van der Waals surface area (Å²) in [6.07, 6.45) is 2.00. The van der Waals surface area contributed by atoms with Crippen molar-refractivity contribution in [3.05, 3.63) is 47.8 Å².